The van der Waals surface area contributed by atoms with Crippen LogP contribution in [0.2, 0.25) is 0 Å². The van der Waals surface area contributed by atoms with Crippen LogP contribution in [0.4, 0.5) is 0 Å². The molecule has 1 aromatic heterocycles. The highest BCUT2D eigenvalue weighted by Crippen LogP contribution is 2.31. The second kappa shape index (κ2) is 3.58. The Labute approximate surface area is 77.8 Å². The van der Waals surface area contributed by atoms with Crippen LogP contribution in [-0.4, -0.2) is 13.1 Å². The van der Waals surface area contributed by atoms with Gasteiger partial charge in [0.25, 0.3) is 0 Å². The molecule has 0 bridgehead atoms. The average Bonchev–Trinajstić information content (AvgIpc) is 2.53. The fraction of sp³-hybridized carbons (Fsp3) is 0.600. The third-order valence-electron chi connectivity index (χ3n) is 2.61. The van der Waals surface area contributed by atoms with E-state index < -0.39 is 0 Å². The van der Waals surface area contributed by atoms with Gasteiger partial charge in [0, 0.05) is 4.88 Å². The van der Waals surface area contributed by atoms with E-state index in [4.69, 9.17) is 0 Å². The van der Waals surface area contributed by atoms with Gasteiger partial charge in [-0.25, -0.2) is 0 Å². The molecule has 1 nitrogen and oxygen atoms in total. The molecule has 0 radical (unpaired) electrons. The molecule has 66 valence electrons. The lowest BCUT2D eigenvalue weighted by Crippen LogP contribution is -2.26. The van der Waals surface area contributed by atoms with Crippen molar-refractivity contribution in [3.8, 4) is 0 Å². The summed E-state index contributed by atoms with van der Waals surface area (Å²) < 4.78 is 0. The Bertz CT molecular complexity index is 248. The first-order valence-electron chi connectivity index (χ1n) is 4.62. The van der Waals surface area contributed by atoms with Gasteiger partial charge in [0.2, 0.25) is 0 Å². The Morgan fingerprint density at radius 3 is 2.75 bits per heavy atom. The van der Waals surface area contributed by atoms with Crippen LogP contribution in [0, 0.1) is 6.92 Å². The van der Waals surface area contributed by atoms with E-state index in [9.17, 15) is 0 Å². The molecule has 0 aliphatic carbocycles. The minimum atomic E-state index is 0.839. The molecule has 2 rings (SSSR count). The molecular formula is C10H15NS. The lowest BCUT2D eigenvalue weighted by molar-refractivity contribution is 0.464. The van der Waals surface area contributed by atoms with Gasteiger partial charge >= 0.3 is 0 Å². The standard InChI is InChI=1S/C10H15NS/c1-8-4-7-12-10(8)9-2-5-11-6-3-9/h4,7,9,11H,2-3,5-6H2,1H3. The summed E-state index contributed by atoms with van der Waals surface area (Å²) in [6.07, 6.45) is 2.64. The molecule has 0 saturated carbocycles. The number of thiophene rings is 1. The molecule has 1 aromatic rings. The van der Waals surface area contributed by atoms with Crippen LogP contribution in [-0.2, 0) is 0 Å². The maximum absolute atomic E-state index is 3.40. The van der Waals surface area contributed by atoms with Gasteiger partial charge in [-0.1, -0.05) is 0 Å². The Morgan fingerprint density at radius 1 is 1.42 bits per heavy atom. The summed E-state index contributed by atoms with van der Waals surface area (Å²) in [5.41, 5.74) is 1.49. The summed E-state index contributed by atoms with van der Waals surface area (Å²) in [6.45, 7) is 4.62. The predicted molar refractivity (Wildman–Crippen MR) is 53.9 cm³/mol. The van der Waals surface area contributed by atoms with Gasteiger partial charge in [0.15, 0.2) is 0 Å². The fourth-order valence-electron chi connectivity index (χ4n) is 1.89. The summed E-state index contributed by atoms with van der Waals surface area (Å²) >= 11 is 1.93. The summed E-state index contributed by atoms with van der Waals surface area (Å²) in [6, 6.07) is 2.24. The minimum absolute atomic E-state index is 0.839. The maximum atomic E-state index is 3.40. The monoisotopic (exact) mass is 181 g/mol. The molecule has 12 heavy (non-hydrogen) atoms. The van der Waals surface area contributed by atoms with Crippen molar-refractivity contribution in [2.75, 3.05) is 13.1 Å². The van der Waals surface area contributed by atoms with E-state index in [0.717, 1.165) is 5.92 Å². The predicted octanol–water partition coefficient (Wildman–Crippen LogP) is 2.52. The van der Waals surface area contributed by atoms with E-state index in [1.54, 1.807) is 4.88 Å². The first kappa shape index (κ1) is 8.27. The highest BCUT2D eigenvalue weighted by molar-refractivity contribution is 7.10. The van der Waals surface area contributed by atoms with Gasteiger partial charge in [0.1, 0.15) is 0 Å². The number of aryl methyl sites for hydroxylation is 1. The Morgan fingerprint density at radius 2 is 2.17 bits per heavy atom. The molecule has 0 amide bonds. The third kappa shape index (κ3) is 1.54. The second-order valence-electron chi connectivity index (χ2n) is 3.49. The number of hydrogen-bond donors (Lipinski definition) is 1. The molecule has 1 N–H and O–H groups in total. The highest BCUT2D eigenvalue weighted by Gasteiger charge is 2.17. The zero-order valence-corrected chi connectivity index (χ0v) is 8.29. The highest BCUT2D eigenvalue weighted by atomic mass is 32.1. The first-order chi connectivity index (χ1) is 5.88. The van der Waals surface area contributed by atoms with E-state index in [1.807, 2.05) is 11.3 Å². The van der Waals surface area contributed by atoms with Crippen molar-refractivity contribution in [1.29, 1.82) is 0 Å². The molecule has 2 heteroatoms. The molecule has 1 fully saturated rings. The molecule has 1 aliphatic heterocycles. The van der Waals surface area contributed by atoms with Crippen LogP contribution in [0.1, 0.15) is 29.2 Å². The normalized spacial score (nSPS) is 19.8. The van der Waals surface area contributed by atoms with E-state index in [-0.39, 0.29) is 0 Å². The van der Waals surface area contributed by atoms with Crippen molar-refractivity contribution < 1.29 is 0 Å². The molecule has 0 aromatic carbocycles. The van der Waals surface area contributed by atoms with E-state index in [0.29, 0.717) is 0 Å². The average molecular weight is 181 g/mol. The second-order valence-corrected chi connectivity index (χ2v) is 4.44. The maximum Gasteiger partial charge on any atom is 0.0106 e. The molecular weight excluding hydrogens is 166 g/mol. The van der Waals surface area contributed by atoms with E-state index in [2.05, 4.69) is 23.7 Å². The summed E-state index contributed by atoms with van der Waals surface area (Å²) in [5, 5.41) is 5.62. The first-order valence-corrected chi connectivity index (χ1v) is 5.50. The number of piperidine rings is 1. The van der Waals surface area contributed by atoms with Crippen molar-refractivity contribution in [1.82, 2.24) is 5.32 Å². The SMILES string of the molecule is Cc1ccsc1C1CCNCC1. The van der Waals surface area contributed by atoms with Crippen molar-refractivity contribution in [2.45, 2.75) is 25.7 Å². The van der Waals surface area contributed by atoms with Crippen LogP contribution >= 0.6 is 11.3 Å². The topological polar surface area (TPSA) is 12.0 Å². The fourth-order valence-corrected chi connectivity index (χ4v) is 2.99. The summed E-state index contributed by atoms with van der Waals surface area (Å²) in [5.74, 6) is 0.839. The van der Waals surface area contributed by atoms with Crippen LogP contribution in [0.25, 0.3) is 0 Å². The van der Waals surface area contributed by atoms with Gasteiger partial charge in [-0.3, -0.25) is 0 Å². The minimum Gasteiger partial charge on any atom is -0.317 e. The van der Waals surface area contributed by atoms with Gasteiger partial charge in [-0.05, 0) is 55.8 Å². The van der Waals surface area contributed by atoms with Crippen molar-refractivity contribution in [2.24, 2.45) is 0 Å². The van der Waals surface area contributed by atoms with Crippen molar-refractivity contribution in [3.63, 3.8) is 0 Å². The van der Waals surface area contributed by atoms with Crippen molar-refractivity contribution >= 4 is 11.3 Å². The largest absolute Gasteiger partial charge is 0.317 e. The zero-order valence-electron chi connectivity index (χ0n) is 7.47. The molecule has 1 saturated heterocycles. The lowest BCUT2D eigenvalue weighted by atomic mass is 9.94. The molecule has 2 heterocycles. The van der Waals surface area contributed by atoms with Gasteiger partial charge in [0.05, 0.1) is 0 Å². The van der Waals surface area contributed by atoms with Crippen molar-refractivity contribution in [3.05, 3.63) is 21.9 Å². The third-order valence-corrected chi connectivity index (χ3v) is 3.79. The summed E-state index contributed by atoms with van der Waals surface area (Å²) in [4.78, 5) is 1.62. The smallest absolute Gasteiger partial charge is 0.0106 e. The zero-order chi connectivity index (χ0) is 8.39. The van der Waals surface area contributed by atoms with Crippen LogP contribution in [0.15, 0.2) is 11.4 Å². The van der Waals surface area contributed by atoms with E-state index in [1.165, 1.54) is 31.5 Å². The number of nitrogens with one attached hydrogen (secondary N) is 1. The summed E-state index contributed by atoms with van der Waals surface area (Å²) in [7, 11) is 0. The molecule has 0 atom stereocenters. The molecule has 0 spiro atoms. The lowest BCUT2D eigenvalue weighted by Gasteiger charge is -2.22. The van der Waals surface area contributed by atoms with Crippen LogP contribution < -0.4 is 5.32 Å². The number of rotatable bonds is 1. The Hall–Kier alpha value is -0.340. The van der Waals surface area contributed by atoms with Gasteiger partial charge in [-0.2, -0.15) is 0 Å². The quantitative estimate of drug-likeness (QED) is 0.702. The van der Waals surface area contributed by atoms with E-state index >= 15 is 0 Å². The Balaban J connectivity index is 2.13. The molecule has 1 aliphatic rings. The number of hydrogen-bond acceptors (Lipinski definition) is 2. The van der Waals surface area contributed by atoms with Crippen LogP contribution in [0.5, 0.6) is 0 Å². The van der Waals surface area contributed by atoms with Gasteiger partial charge < -0.3 is 5.32 Å². The molecule has 0 unspecified atom stereocenters. The Kier molecular flexibility index (Phi) is 2.47. The van der Waals surface area contributed by atoms with Crippen LogP contribution in [0.3, 0.4) is 0 Å². The van der Waals surface area contributed by atoms with Gasteiger partial charge in [-0.15, -0.1) is 11.3 Å².